The molecule has 1 saturated heterocycles. The van der Waals surface area contributed by atoms with E-state index in [1.165, 1.54) is 0 Å². The minimum absolute atomic E-state index is 0.110. The standard InChI is InChI=1S/C11H14BNO3/c14-11(13-7-3-4-8-13)9-5-1-2-6-10(9)12(15)16/h1-2,5-6,15-16H,3-4,7-8H2. The first-order chi connectivity index (χ1) is 7.70. The van der Waals surface area contributed by atoms with Crippen molar-refractivity contribution in [1.29, 1.82) is 0 Å². The molecule has 2 N–H and O–H groups in total. The highest BCUT2D eigenvalue weighted by molar-refractivity contribution is 6.60. The summed E-state index contributed by atoms with van der Waals surface area (Å²) in [5.41, 5.74) is 0.666. The summed E-state index contributed by atoms with van der Waals surface area (Å²) in [5.74, 6) is -0.110. The van der Waals surface area contributed by atoms with Crippen molar-refractivity contribution < 1.29 is 14.8 Å². The Kier molecular flexibility index (Phi) is 3.26. The lowest BCUT2D eigenvalue weighted by atomic mass is 9.77. The van der Waals surface area contributed by atoms with Crippen LogP contribution in [0.3, 0.4) is 0 Å². The molecule has 4 nitrogen and oxygen atoms in total. The van der Waals surface area contributed by atoms with Gasteiger partial charge in [0.05, 0.1) is 0 Å². The van der Waals surface area contributed by atoms with Gasteiger partial charge in [-0.3, -0.25) is 4.79 Å². The van der Waals surface area contributed by atoms with Crippen LogP contribution in [0.4, 0.5) is 0 Å². The van der Waals surface area contributed by atoms with E-state index >= 15 is 0 Å². The van der Waals surface area contributed by atoms with Gasteiger partial charge in [-0.15, -0.1) is 0 Å². The van der Waals surface area contributed by atoms with Crippen LogP contribution in [-0.4, -0.2) is 41.1 Å². The largest absolute Gasteiger partial charge is 0.489 e. The zero-order valence-electron chi connectivity index (χ0n) is 8.97. The molecule has 0 bridgehead atoms. The minimum atomic E-state index is -1.59. The third-order valence-corrected chi connectivity index (χ3v) is 2.86. The zero-order valence-corrected chi connectivity index (χ0v) is 8.97. The lowest BCUT2D eigenvalue weighted by molar-refractivity contribution is 0.0793. The molecule has 0 spiro atoms. The Hall–Kier alpha value is -1.33. The molecule has 1 heterocycles. The van der Waals surface area contributed by atoms with Gasteiger partial charge in [-0.2, -0.15) is 0 Å². The molecule has 0 radical (unpaired) electrons. The Morgan fingerprint density at radius 2 is 1.81 bits per heavy atom. The number of carbonyl (C=O) groups is 1. The molecule has 1 aliphatic heterocycles. The van der Waals surface area contributed by atoms with Gasteiger partial charge >= 0.3 is 7.12 Å². The molecule has 1 aromatic carbocycles. The molecule has 0 aliphatic carbocycles. The van der Waals surface area contributed by atoms with Crippen LogP contribution < -0.4 is 5.46 Å². The van der Waals surface area contributed by atoms with Crippen LogP contribution >= 0.6 is 0 Å². The molecule has 1 fully saturated rings. The lowest BCUT2D eigenvalue weighted by Gasteiger charge is -2.17. The van der Waals surface area contributed by atoms with Crippen LogP contribution in [0.1, 0.15) is 23.2 Å². The number of amides is 1. The van der Waals surface area contributed by atoms with E-state index in [0.29, 0.717) is 5.56 Å². The summed E-state index contributed by atoms with van der Waals surface area (Å²) in [5, 5.41) is 18.4. The third-order valence-electron chi connectivity index (χ3n) is 2.86. The topological polar surface area (TPSA) is 60.8 Å². The van der Waals surface area contributed by atoms with Crippen molar-refractivity contribution in [2.24, 2.45) is 0 Å². The lowest BCUT2D eigenvalue weighted by Crippen LogP contribution is -2.39. The van der Waals surface area contributed by atoms with Gasteiger partial charge < -0.3 is 14.9 Å². The van der Waals surface area contributed by atoms with Crippen LogP contribution in [0.15, 0.2) is 24.3 Å². The van der Waals surface area contributed by atoms with Gasteiger partial charge in [-0.1, -0.05) is 18.2 Å². The van der Waals surface area contributed by atoms with E-state index in [0.717, 1.165) is 25.9 Å². The zero-order chi connectivity index (χ0) is 11.5. The molecule has 2 rings (SSSR count). The predicted molar refractivity (Wildman–Crippen MR) is 61.4 cm³/mol. The second-order valence-corrected chi connectivity index (χ2v) is 3.96. The molecule has 0 atom stereocenters. The van der Waals surface area contributed by atoms with Gasteiger partial charge in [0.1, 0.15) is 0 Å². The molecule has 0 saturated carbocycles. The number of likely N-dealkylation sites (tertiary alicyclic amines) is 1. The SMILES string of the molecule is O=C(c1ccccc1B(O)O)N1CCCC1. The maximum Gasteiger partial charge on any atom is 0.489 e. The fourth-order valence-corrected chi connectivity index (χ4v) is 2.01. The highest BCUT2D eigenvalue weighted by Crippen LogP contribution is 2.11. The Labute approximate surface area is 94.7 Å². The average Bonchev–Trinajstić information content (AvgIpc) is 2.81. The summed E-state index contributed by atoms with van der Waals surface area (Å²) in [6.45, 7) is 1.52. The first-order valence-electron chi connectivity index (χ1n) is 5.44. The maximum atomic E-state index is 12.1. The van der Waals surface area contributed by atoms with E-state index < -0.39 is 7.12 Å². The number of nitrogens with zero attached hydrogens (tertiary/aromatic N) is 1. The van der Waals surface area contributed by atoms with Crippen molar-refractivity contribution in [2.75, 3.05) is 13.1 Å². The fourth-order valence-electron chi connectivity index (χ4n) is 2.01. The first kappa shape index (κ1) is 11.2. The summed E-state index contributed by atoms with van der Waals surface area (Å²) in [4.78, 5) is 13.8. The summed E-state index contributed by atoms with van der Waals surface area (Å²) in [6, 6.07) is 6.62. The molecule has 1 aromatic rings. The van der Waals surface area contributed by atoms with Crippen molar-refractivity contribution in [3.05, 3.63) is 29.8 Å². The van der Waals surface area contributed by atoms with Crippen molar-refractivity contribution in [2.45, 2.75) is 12.8 Å². The van der Waals surface area contributed by atoms with Gasteiger partial charge in [0.25, 0.3) is 5.91 Å². The molecule has 5 heteroatoms. The summed E-state index contributed by atoms with van der Waals surface area (Å²) in [6.07, 6.45) is 2.05. The molecule has 1 amide bonds. The Morgan fingerprint density at radius 3 is 2.44 bits per heavy atom. The van der Waals surface area contributed by atoms with E-state index in [1.54, 1.807) is 29.2 Å². The predicted octanol–water partition coefficient (Wildman–Crippen LogP) is -0.398. The number of benzene rings is 1. The van der Waals surface area contributed by atoms with E-state index in [2.05, 4.69) is 0 Å². The van der Waals surface area contributed by atoms with Crippen LogP contribution in [-0.2, 0) is 0 Å². The van der Waals surface area contributed by atoms with Gasteiger partial charge in [-0.25, -0.2) is 0 Å². The molecule has 0 unspecified atom stereocenters. The van der Waals surface area contributed by atoms with Gasteiger partial charge in [0.15, 0.2) is 0 Å². The highest BCUT2D eigenvalue weighted by Gasteiger charge is 2.25. The second-order valence-electron chi connectivity index (χ2n) is 3.96. The molecule has 84 valence electrons. The fraction of sp³-hybridized carbons (Fsp3) is 0.364. The number of hydrogen-bond acceptors (Lipinski definition) is 3. The summed E-state index contributed by atoms with van der Waals surface area (Å²) < 4.78 is 0. The van der Waals surface area contributed by atoms with E-state index in [4.69, 9.17) is 0 Å². The Morgan fingerprint density at radius 1 is 1.19 bits per heavy atom. The Balaban J connectivity index is 2.28. The average molecular weight is 219 g/mol. The molecular formula is C11H14BNO3. The van der Waals surface area contributed by atoms with E-state index in [-0.39, 0.29) is 11.4 Å². The number of carbonyl (C=O) groups excluding carboxylic acids is 1. The first-order valence-corrected chi connectivity index (χ1v) is 5.44. The quantitative estimate of drug-likeness (QED) is 0.665. The maximum absolute atomic E-state index is 12.1. The van der Waals surface area contributed by atoms with Crippen molar-refractivity contribution in [1.82, 2.24) is 4.90 Å². The highest BCUT2D eigenvalue weighted by atomic mass is 16.4. The third kappa shape index (κ3) is 2.10. The van der Waals surface area contributed by atoms with Crippen LogP contribution in [0.5, 0.6) is 0 Å². The van der Waals surface area contributed by atoms with Crippen molar-refractivity contribution >= 4 is 18.5 Å². The summed E-state index contributed by atoms with van der Waals surface area (Å²) in [7, 11) is -1.59. The van der Waals surface area contributed by atoms with Crippen molar-refractivity contribution in [3.8, 4) is 0 Å². The van der Waals surface area contributed by atoms with Crippen LogP contribution in [0.2, 0.25) is 0 Å². The smallest absolute Gasteiger partial charge is 0.423 e. The number of hydrogen-bond donors (Lipinski definition) is 2. The molecular weight excluding hydrogens is 205 g/mol. The van der Waals surface area contributed by atoms with E-state index in [1.807, 2.05) is 0 Å². The van der Waals surface area contributed by atoms with Gasteiger partial charge in [0.2, 0.25) is 0 Å². The van der Waals surface area contributed by atoms with Gasteiger partial charge in [0, 0.05) is 18.7 Å². The van der Waals surface area contributed by atoms with Gasteiger partial charge in [-0.05, 0) is 24.4 Å². The minimum Gasteiger partial charge on any atom is -0.423 e. The monoisotopic (exact) mass is 219 g/mol. The molecule has 1 aliphatic rings. The van der Waals surface area contributed by atoms with Crippen LogP contribution in [0.25, 0.3) is 0 Å². The van der Waals surface area contributed by atoms with Crippen molar-refractivity contribution in [3.63, 3.8) is 0 Å². The summed E-state index contributed by atoms with van der Waals surface area (Å²) >= 11 is 0. The second kappa shape index (κ2) is 4.68. The van der Waals surface area contributed by atoms with E-state index in [9.17, 15) is 14.8 Å². The Bertz CT molecular complexity index is 389. The molecule has 0 aromatic heterocycles. The number of rotatable bonds is 2. The molecule has 16 heavy (non-hydrogen) atoms. The van der Waals surface area contributed by atoms with Crippen LogP contribution in [0, 0.1) is 0 Å². The normalized spacial score (nSPS) is 15.2.